The summed E-state index contributed by atoms with van der Waals surface area (Å²) in [4.78, 5) is 14.1. The van der Waals surface area contributed by atoms with Gasteiger partial charge in [-0.3, -0.25) is 0 Å². The summed E-state index contributed by atoms with van der Waals surface area (Å²) in [5, 5.41) is 0. The molecule has 0 saturated carbocycles. The summed E-state index contributed by atoms with van der Waals surface area (Å²) in [5.41, 5.74) is 1.03. The number of carbonyl (C=O) groups excluding carboxylic acids is 1. The van der Waals surface area contributed by atoms with Gasteiger partial charge in [-0.05, 0) is 37.7 Å². The van der Waals surface area contributed by atoms with E-state index >= 15 is 0 Å². The van der Waals surface area contributed by atoms with Crippen molar-refractivity contribution in [1.82, 2.24) is 4.90 Å². The lowest BCUT2D eigenvalue weighted by Crippen LogP contribution is -2.43. The van der Waals surface area contributed by atoms with E-state index in [0.29, 0.717) is 12.6 Å². The topological polar surface area (TPSA) is 29.5 Å². The van der Waals surface area contributed by atoms with Crippen LogP contribution in [0.25, 0.3) is 0 Å². The number of carbonyl (C=O) groups is 1. The van der Waals surface area contributed by atoms with Gasteiger partial charge in [0.25, 0.3) is 0 Å². The minimum atomic E-state index is -0.178. The smallest absolute Gasteiger partial charge is 0.410 e. The molecule has 1 aromatic carbocycles. The lowest BCUT2D eigenvalue weighted by atomic mass is 9.98. The van der Waals surface area contributed by atoms with Crippen molar-refractivity contribution < 1.29 is 9.53 Å². The minimum absolute atomic E-state index is 0.178. The predicted molar refractivity (Wildman–Crippen MR) is 80.4 cm³/mol. The van der Waals surface area contributed by atoms with Crippen LogP contribution in [0.5, 0.6) is 0 Å². The van der Waals surface area contributed by atoms with Gasteiger partial charge in [0.1, 0.15) is 6.61 Å². The van der Waals surface area contributed by atoms with Gasteiger partial charge in [0, 0.05) is 12.6 Å². The standard InChI is InChI=1S/C17H23NO2/c1-2-3-11-16-12-7-8-13-18(16)17(19)20-14-15-9-5-4-6-10-15/h2,4-6,9-10,16H,1,3,7-8,11-14H2. The zero-order valence-corrected chi connectivity index (χ0v) is 12.0. The van der Waals surface area contributed by atoms with Crippen molar-refractivity contribution in [3.63, 3.8) is 0 Å². The normalized spacial score (nSPS) is 18.6. The molecule has 1 unspecified atom stereocenters. The molecule has 0 radical (unpaired) electrons. The third kappa shape index (κ3) is 4.12. The monoisotopic (exact) mass is 273 g/mol. The molecule has 20 heavy (non-hydrogen) atoms. The molecule has 1 saturated heterocycles. The van der Waals surface area contributed by atoms with E-state index in [-0.39, 0.29) is 6.09 Å². The van der Waals surface area contributed by atoms with Crippen LogP contribution in [-0.2, 0) is 11.3 Å². The molecule has 1 aliphatic rings. The Hall–Kier alpha value is -1.77. The number of hydrogen-bond donors (Lipinski definition) is 0. The molecule has 0 N–H and O–H groups in total. The molecule has 0 bridgehead atoms. The summed E-state index contributed by atoms with van der Waals surface area (Å²) in [6.45, 7) is 4.92. The molecule has 0 spiro atoms. The fraction of sp³-hybridized carbons (Fsp3) is 0.471. The van der Waals surface area contributed by atoms with Gasteiger partial charge < -0.3 is 9.64 Å². The van der Waals surface area contributed by atoms with Gasteiger partial charge in [-0.15, -0.1) is 6.58 Å². The largest absolute Gasteiger partial charge is 0.445 e. The number of nitrogens with zero attached hydrogens (tertiary/aromatic N) is 1. The summed E-state index contributed by atoms with van der Waals surface area (Å²) in [5.74, 6) is 0. The second kappa shape index (κ2) is 7.73. The van der Waals surface area contributed by atoms with Crippen LogP contribution in [0.1, 0.15) is 37.7 Å². The van der Waals surface area contributed by atoms with Crippen molar-refractivity contribution in [3.05, 3.63) is 48.6 Å². The predicted octanol–water partition coefficient (Wildman–Crippen LogP) is 4.14. The summed E-state index contributed by atoms with van der Waals surface area (Å²) in [7, 11) is 0. The molecule has 1 aromatic rings. The Balaban J connectivity index is 1.87. The molecule has 108 valence electrons. The van der Waals surface area contributed by atoms with Crippen LogP contribution in [0, 0.1) is 0 Å². The first-order valence-corrected chi connectivity index (χ1v) is 7.39. The van der Waals surface area contributed by atoms with E-state index in [1.807, 2.05) is 41.3 Å². The Labute approximate surface area is 121 Å². The van der Waals surface area contributed by atoms with Gasteiger partial charge in [0.15, 0.2) is 0 Å². The molecule has 1 fully saturated rings. The Kier molecular flexibility index (Phi) is 5.66. The molecule has 1 amide bonds. The minimum Gasteiger partial charge on any atom is -0.445 e. The molecular weight excluding hydrogens is 250 g/mol. The number of allylic oxidation sites excluding steroid dienone is 1. The van der Waals surface area contributed by atoms with Gasteiger partial charge in [-0.2, -0.15) is 0 Å². The van der Waals surface area contributed by atoms with Crippen molar-refractivity contribution in [2.24, 2.45) is 0 Å². The van der Waals surface area contributed by atoms with Crippen molar-refractivity contribution in [2.75, 3.05) is 6.54 Å². The van der Waals surface area contributed by atoms with Crippen molar-refractivity contribution in [1.29, 1.82) is 0 Å². The number of hydrogen-bond acceptors (Lipinski definition) is 2. The molecule has 0 aliphatic carbocycles. The molecule has 3 nitrogen and oxygen atoms in total. The van der Waals surface area contributed by atoms with Crippen molar-refractivity contribution >= 4 is 6.09 Å². The number of rotatable bonds is 5. The molecule has 2 rings (SSSR count). The first-order valence-electron chi connectivity index (χ1n) is 7.39. The highest BCUT2D eigenvalue weighted by atomic mass is 16.6. The van der Waals surface area contributed by atoms with E-state index in [1.54, 1.807) is 0 Å². The Morgan fingerprint density at radius 3 is 2.90 bits per heavy atom. The van der Waals surface area contributed by atoms with Gasteiger partial charge in [0.05, 0.1) is 0 Å². The van der Waals surface area contributed by atoms with E-state index in [9.17, 15) is 4.79 Å². The zero-order chi connectivity index (χ0) is 14.2. The molecule has 1 atom stereocenters. The molecule has 3 heteroatoms. The first-order chi connectivity index (χ1) is 9.81. The third-order valence-corrected chi connectivity index (χ3v) is 3.77. The fourth-order valence-electron chi connectivity index (χ4n) is 2.65. The number of benzene rings is 1. The Morgan fingerprint density at radius 1 is 1.35 bits per heavy atom. The van der Waals surface area contributed by atoms with E-state index in [4.69, 9.17) is 4.74 Å². The maximum absolute atomic E-state index is 12.2. The highest BCUT2D eigenvalue weighted by Crippen LogP contribution is 2.22. The van der Waals surface area contributed by atoms with Crippen LogP contribution in [0.15, 0.2) is 43.0 Å². The van der Waals surface area contributed by atoms with Crippen LogP contribution in [-0.4, -0.2) is 23.6 Å². The van der Waals surface area contributed by atoms with E-state index in [2.05, 4.69) is 6.58 Å². The number of ether oxygens (including phenoxy) is 1. The average Bonchev–Trinajstić information content (AvgIpc) is 2.52. The van der Waals surface area contributed by atoms with E-state index in [1.165, 1.54) is 6.42 Å². The number of likely N-dealkylation sites (tertiary alicyclic amines) is 1. The van der Waals surface area contributed by atoms with Gasteiger partial charge >= 0.3 is 6.09 Å². The molecule has 1 aliphatic heterocycles. The van der Waals surface area contributed by atoms with Gasteiger partial charge in [-0.25, -0.2) is 4.79 Å². The maximum Gasteiger partial charge on any atom is 0.410 e. The number of piperidine rings is 1. The Bertz CT molecular complexity index is 430. The fourth-order valence-corrected chi connectivity index (χ4v) is 2.65. The molecule has 0 aromatic heterocycles. The van der Waals surface area contributed by atoms with E-state index in [0.717, 1.165) is 37.8 Å². The van der Waals surface area contributed by atoms with Crippen molar-refractivity contribution in [3.8, 4) is 0 Å². The maximum atomic E-state index is 12.2. The summed E-state index contributed by atoms with van der Waals surface area (Å²) < 4.78 is 5.44. The van der Waals surface area contributed by atoms with E-state index < -0.39 is 0 Å². The summed E-state index contributed by atoms with van der Waals surface area (Å²) in [6, 6.07) is 10.1. The summed E-state index contributed by atoms with van der Waals surface area (Å²) >= 11 is 0. The summed E-state index contributed by atoms with van der Waals surface area (Å²) in [6.07, 6.45) is 7.03. The van der Waals surface area contributed by atoms with Crippen LogP contribution >= 0.6 is 0 Å². The second-order valence-electron chi connectivity index (χ2n) is 5.25. The second-order valence-corrected chi connectivity index (χ2v) is 5.25. The van der Waals surface area contributed by atoms with Crippen LogP contribution in [0.2, 0.25) is 0 Å². The first kappa shape index (κ1) is 14.6. The highest BCUT2D eigenvalue weighted by molar-refractivity contribution is 5.68. The van der Waals surface area contributed by atoms with Crippen LogP contribution < -0.4 is 0 Å². The number of amides is 1. The van der Waals surface area contributed by atoms with Gasteiger partial charge in [-0.1, -0.05) is 36.4 Å². The van der Waals surface area contributed by atoms with Crippen LogP contribution in [0.4, 0.5) is 4.79 Å². The highest BCUT2D eigenvalue weighted by Gasteiger charge is 2.27. The Morgan fingerprint density at radius 2 is 2.15 bits per heavy atom. The van der Waals surface area contributed by atoms with Gasteiger partial charge in [0.2, 0.25) is 0 Å². The lowest BCUT2D eigenvalue weighted by Gasteiger charge is -2.34. The molecular formula is C17H23NO2. The molecule has 1 heterocycles. The SMILES string of the molecule is C=CCCC1CCCCN1C(=O)OCc1ccccc1. The zero-order valence-electron chi connectivity index (χ0n) is 12.0. The quantitative estimate of drug-likeness (QED) is 0.754. The average molecular weight is 273 g/mol. The van der Waals surface area contributed by atoms with Crippen LogP contribution in [0.3, 0.4) is 0 Å². The lowest BCUT2D eigenvalue weighted by molar-refractivity contribution is 0.0663. The third-order valence-electron chi connectivity index (χ3n) is 3.77. The van der Waals surface area contributed by atoms with Crippen molar-refractivity contribution in [2.45, 2.75) is 44.8 Å².